The molecule has 1 unspecified atom stereocenters. The Hall–Kier alpha value is -1.55. The predicted molar refractivity (Wildman–Crippen MR) is 64.0 cm³/mol. The van der Waals surface area contributed by atoms with Gasteiger partial charge in [0.1, 0.15) is 5.75 Å². The number of hydrogen-bond donors (Lipinski definition) is 2. The lowest BCUT2D eigenvalue weighted by Crippen LogP contribution is -2.39. The number of aliphatic hydroxyl groups excluding tert-OH is 1. The molecule has 2 atom stereocenters. The van der Waals surface area contributed by atoms with E-state index >= 15 is 0 Å². The Morgan fingerprint density at radius 2 is 2.35 bits per heavy atom. The summed E-state index contributed by atoms with van der Waals surface area (Å²) in [5.41, 5.74) is 0.932. The van der Waals surface area contributed by atoms with Crippen LogP contribution in [0.25, 0.3) is 0 Å². The first kappa shape index (κ1) is 11.9. The minimum Gasteiger partial charge on any atom is -0.493 e. The van der Waals surface area contributed by atoms with Gasteiger partial charge >= 0.3 is 0 Å². The molecular weight excluding hydrogens is 218 g/mol. The molecule has 2 N–H and O–H groups in total. The zero-order chi connectivity index (χ0) is 12.3. The zero-order valence-electron chi connectivity index (χ0n) is 9.85. The molecule has 4 heteroatoms. The van der Waals surface area contributed by atoms with Crippen LogP contribution in [0.4, 0.5) is 0 Å². The van der Waals surface area contributed by atoms with Crippen molar-refractivity contribution < 1.29 is 14.6 Å². The van der Waals surface area contributed by atoms with Gasteiger partial charge in [-0.3, -0.25) is 4.79 Å². The van der Waals surface area contributed by atoms with Crippen molar-refractivity contribution in [2.24, 2.45) is 0 Å². The molecule has 1 amide bonds. The Bertz CT molecular complexity index is 405. The molecule has 2 rings (SSSR count). The lowest BCUT2D eigenvalue weighted by Gasteiger charge is -2.26. The van der Waals surface area contributed by atoms with Gasteiger partial charge in [-0.05, 0) is 19.4 Å². The molecule has 92 valence electrons. The molecule has 1 aromatic rings. The second-order valence-corrected chi connectivity index (χ2v) is 4.32. The van der Waals surface area contributed by atoms with Crippen molar-refractivity contribution in [2.75, 3.05) is 13.2 Å². The Morgan fingerprint density at radius 1 is 1.59 bits per heavy atom. The Kier molecular flexibility index (Phi) is 3.64. The maximum absolute atomic E-state index is 12.1. The van der Waals surface area contributed by atoms with Crippen LogP contribution in [0, 0.1) is 0 Å². The van der Waals surface area contributed by atoms with Crippen molar-refractivity contribution >= 4 is 5.91 Å². The molecule has 0 spiro atoms. The van der Waals surface area contributed by atoms with Crippen molar-refractivity contribution in [3.8, 4) is 5.75 Å². The highest BCUT2D eigenvalue weighted by Crippen LogP contribution is 2.33. The van der Waals surface area contributed by atoms with E-state index in [1.54, 1.807) is 6.92 Å². The van der Waals surface area contributed by atoms with Gasteiger partial charge in [0, 0.05) is 11.6 Å². The molecule has 1 aliphatic heterocycles. The molecule has 4 nitrogen and oxygen atoms in total. The van der Waals surface area contributed by atoms with E-state index < -0.39 is 0 Å². The summed E-state index contributed by atoms with van der Waals surface area (Å²) in [4.78, 5) is 12.1. The summed E-state index contributed by atoms with van der Waals surface area (Å²) < 4.78 is 5.51. The second kappa shape index (κ2) is 5.19. The Labute approximate surface area is 101 Å². The maximum atomic E-state index is 12.1. The summed E-state index contributed by atoms with van der Waals surface area (Å²) in [6.45, 7) is 2.29. The highest BCUT2D eigenvalue weighted by atomic mass is 16.5. The summed E-state index contributed by atoms with van der Waals surface area (Å²) in [7, 11) is 0. The van der Waals surface area contributed by atoms with Crippen LogP contribution in [-0.2, 0) is 4.79 Å². The minimum atomic E-state index is -0.211. The third-order valence-corrected chi connectivity index (χ3v) is 2.94. The van der Waals surface area contributed by atoms with Gasteiger partial charge in [0.25, 0.3) is 0 Å². The smallest absolute Gasteiger partial charge is 0.228 e. The number of para-hydroxylation sites is 1. The first-order valence-corrected chi connectivity index (χ1v) is 5.85. The minimum absolute atomic E-state index is 0.0395. The van der Waals surface area contributed by atoms with Crippen LogP contribution in [-0.4, -0.2) is 30.3 Å². The highest BCUT2D eigenvalue weighted by Gasteiger charge is 2.27. The summed E-state index contributed by atoms with van der Waals surface area (Å²) in [5.74, 6) is 0.576. The molecule has 0 saturated carbocycles. The van der Waals surface area contributed by atoms with Crippen LogP contribution in [0.15, 0.2) is 24.3 Å². The van der Waals surface area contributed by atoms with Gasteiger partial charge in [-0.1, -0.05) is 18.2 Å². The number of benzene rings is 1. The van der Waals surface area contributed by atoms with Gasteiger partial charge in [-0.25, -0.2) is 0 Å². The standard InChI is InChI=1S/C13H17NO3/c1-9(8-15)14-13(16)11-6-7-17-12-5-3-2-4-10(11)12/h2-5,9,11,15H,6-8H2,1H3,(H,14,16)/t9-,11?/m1/s1. The third kappa shape index (κ3) is 2.58. The Morgan fingerprint density at radius 3 is 3.12 bits per heavy atom. The van der Waals surface area contributed by atoms with Gasteiger partial charge in [0.05, 0.1) is 19.1 Å². The Balaban J connectivity index is 2.15. The molecule has 1 aromatic carbocycles. The predicted octanol–water partition coefficient (Wildman–Crippen LogP) is 1.05. The highest BCUT2D eigenvalue weighted by molar-refractivity contribution is 5.85. The van der Waals surface area contributed by atoms with Crippen LogP contribution in [0.3, 0.4) is 0 Å². The monoisotopic (exact) mass is 235 g/mol. The first-order valence-electron chi connectivity index (χ1n) is 5.85. The summed E-state index contributed by atoms with van der Waals surface area (Å²) >= 11 is 0. The first-order chi connectivity index (χ1) is 8.22. The van der Waals surface area contributed by atoms with E-state index in [2.05, 4.69) is 5.32 Å². The molecule has 1 aliphatic rings. The van der Waals surface area contributed by atoms with Crippen molar-refractivity contribution in [2.45, 2.75) is 25.3 Å². The van der Waals surface area contributed by atoms with Gasteiger partial charge in [-0.2, -0.15) is 0 Å². The number of ether oxygens (including phenoxy) is 1. The molecule has 0 saturated heterocycles. The van der Waals surface area contributed by atoms with E-state index in [0.29, 0.717) is 13.0 Å². The number of carbonyl (C=O) groups excluding carboxylic acids is 1. The number of rotatable bonds is 3. The van der Waals surface area contributed by atoms with E-state index in [1.807, 2.05) is 24.3 Å². The number of hydrogen-bond acceptors (Lipinski definition) is 3. The largest absolute Gasteiger partial charge is 0.493 e. The molecule has 1 heterocycles. The van der Waals surface area contributed by atoms with E-state index in [9.17, 15) is 4.79 Å². The number of fused-ring (bicyclic) bond motifs is 1. The van der Waals surface area contributed by atoms with Gasteiger partial charge in [-0.15, -0.1) is 0 Å². The third-order valence-electron chi connectivity index (χ3n) is 2.94. The van der Waals surface area contributed by atoms with Crippen LogP contribution >= 0.6 is 0 Å². The second-order valence-electron chi connectivity index (χ2n) is 4.32. The van der Waals surface area contributed by atoms with Gasteiger partial charge in [0.2, 0.25) is 5.91 Å². The molecule has 0 fully saturated rings. The lowest BCUT2D eigenvalue weighted by molar-refractivity contribution is -0.124. The average molecular weight is 235 g/mol. The fraction of sp³-hybridized carbons (Fsp3) is 0.462. The molecule has 0 radical (unpaired) electrons. The van der Waals surface area contributed by atoms with Gasteiger partial charge in [0.15, 0.2) is 0 Å². The van der Waals surface area contributed by atoms with Gasteiger partial charge < -0.3 is 15.2 Å². The lowest BCUT2D eigenvalue weighted by atomic mass is 9.92. The number of amides is 1. The molecule has 0 aliphatic carbocycles. The van der Waals surface area contributed by atoms with Crippen LogP contribution < -0.4 is 10.1 Å². The van der Waals surface area contributed by atoms with Crippen LogP contribution in [0.2, 0.25) is 0 Å². The number of nitrogens with one attached hydrogen (secondary N) is 1. The van der Waals surface area contributed by atoms with Crippen molar-refractivity contribution in [3.05, 3.63) is 29.8 Å². The molecular formula is C13H17NO3. The SMILES string of the molecule is C[C@H](CO)NC(=O)C1CCOc2ccccc21. The zero-order valence-corrected chi connectivity index (χ0v) is 9.85. The average Bonchev–Trinajstić information content (AvgIpc) is 2.37. The van der Waals surface area contributed by atoms with Crippen molar-refractivity contribution in [1.29, 1.82) is 0 Å². The van der Waals surface area contributed by atoms with E-state index in [4.69, 9.17) is 9.84 Å². The van der Waals surface area contributed by atoms with E-state index in [0.717, 1.165) is 11.3 Å². The van der Waals surface area contributed by atoms with Crippen molar-refractivity contribution in [3.63, 3.8) is 0 Å². The van der Waals surface area contributed by atoms with Crippen LogP contribution in [0.5, 0.6) is 5.75 Å². The summed E-state index contributed by atoms with van der Waals surface area (Å²) in [6, 6.07) is 7.39. The van der Waals surface area contributed by atoms with E-state index in [-0.39, 0.29) is 24.5 Å². The van der Waals surface area contributed by atoms with E-state index in [1.165, 1.54) is 0 Å². The number of aliphatic hydroxyl groups is 1. The fourth-order valence-electron chi connectivity index (χ4n) is 2.00. The molecule has 17 heavy (non-hydrogen) atoms. The maximum Gasteiger partial charge on any atom is 0.228 e. The molecule has 0 aromatic heterocycles. The summed E-state index contributed by atoms with van der Waals surface area (Å²) in [6.07, 6.45) is 0.682. The van der Waals surface area contributed by atoms with Crippen LogP contribution in [0.1, 0.15) is 24.8 Å². The van der Waals surface area contributed by atoms with Crippen molar-refractivity contribution in [1.82, 2.24) is 5.32 Å². The summed E-state index contributed by atoms with van der Waals surface area (Å²) in [5, 5.41) is 11.7. The normalized spacial score (nSPS) is 20.0. The number of carbonyl (C=O) groups is 1. The fourth-order valence-corrected chi connectivity index (χ4v) is 2.00. The quantitative estimate of drug-likeness (QED) is 0.823. The molecule has 0 bridgehead atoms. The topological polar surface area (TPSA) is 58.6 Å².